The maximum absolute atomic E-state index is 11.9. The van der Waals surface area contributed by atoms with E-state index >= 15 is 0 Å². The molecule has 2 aliphatic rings. The van der Waals surface area contributed by atoms with Gasteiger partial charge in [-0.15, -0.1) is 0 Å². The van der Waals surface area contributed by atoms with Crippen molar-refractivity contribution < 1.29 is 24.2 Å². The fourth-order valence-electron chi connectivity index (χ4n) is 2.68. The van der Waals surface area contributed by atoms with Gasteiger partial charge in [-0.1, -0.05) is 0 Å². The van der Waals surface area contributed by atoms with Crippen LogP contribution in [-0.4, -0.2) is 60.9 Å². The molecule has 6 nitrogen and oxygen atoms in total. The minimum absolute atomic E-state index is 0.0566. The number of hydrogen-bond donors (Lipinski definition) is 1. The number of likely N-dealkylation sites (tertiary alicyclic amines) is 1. The third kappa shape index (κ3) is 4.45. The molecule has 1 atom stereocenters. The lowest BCUT2D eigenvalue weighted by molar-refractivity contribution is -0.146. The minimum atomic E-state index is -0.753. The Morgan fingerprint density at radius 2 is 2.00 bits per heavy atom. The highest BCUT2D eigenvalue weighted by atomic mass is 16.5. The summed E-state index contributed by atoms with van der Waals surface area (Å²) in [5, 5.41) is 8.90. The van der Waals surface area contributed by atoms with Crippen LogP contribution in [-0.2, 0) is 19.1 Å². The van der Waals surface area contributed by atoms with E-state index in [2.05, 4.69) is 0 Å². The number of carbonyl (C=O) groups excluding carboxylic acids is 1. The highest BCUT2D eigenvalue weighted by Crippen LogP contribution is 2.18. The Morgan fingerprint density at radius 3 is 2.60 bits per heavy atom. The molecule has 1 unspecified atom stereocenters. The molecule has 0 radical (unpaired) electrons. The van der Waals surface area contributed by atoms with Gasteiger partial charge in [-0.3, -0.25) is 9.59 Å². The molecule has 0 aromatic rings. The third-order valence-corrected chi connectivity index (χ3v) is 3.98. The van der Waals surface area contributed by atoms with Gasteiger partial charge in [0.1, 0.15) is 0 Å². The largest absolute Gasteiger partial charge is 0.481 e. The van der Waals surface area contributed by atoms with Crippen LogP contribution >= 0.6 is 0 Å². The van der Waals surface area contributed by atoms with Crippen molar-refractivity contribution in [2.24, 2.45) is 5.92 Å². The first-order valence-electron chi connectivity index (χ1n) is 7.36. The number of aliphatic carboxylic acids is 1. The maximum Gasteiger partial charge on any atom is 0.306 e. The molecular formula is C14H23NO5. The van der Waals surface area contributed by atoms with Crippen molar-refractivity contribution in [2.75, 3.05) is 32.9 Å². The summed E-state index contributed by atoms with van der Waals surface area (Å²) in [5.41, 5.74) is 0. The SMILES string of the molecule is O=C(O)C1CCN(C(=O)CCOCC2CCCO2)CC1. The van der Waals surface area contributed by atoms with E-state index < -0.39 is 5.97 Å². The average Bonchev–Trinajstić information content (AvgIpc) is 2.96. The molecule has 2 heterocycles. The molecule has 2 aliphatic heterocycles. The number of rotatable bonds is 6. The van der Waals surface area contributed by atoms with Crippen molar-refractivity contribution in [3.63, 3.8) is 0 Å². The predicted molar refractivity (Wildman–Crippen MR) is 71.3 cm³/mol. The van der Waals surface area contributed by atoms with Crippen LogP contribution in [0.15, 0.2) is 0 Å². The minimum Gasteiger partial charge on any atom is -0.481 e. The summed E-state index contributed by atoms with van der Waals surface area (Å²) in [5.74, 6) is -0.993. The fraction of sp³-hybridized carbons (Fsp3) is 0.857. The van der Waals surface area contributed by atoms with Crippen molar-refractivity contribution >= 4 is 11.9 Å². The Balaban J connectivity index is 1.57. The number of hydrogen-bond acceptors (Lipinski definition) is 4. The Hall–Kier alpha value is -1.14. The van der Waals surface area contributed by atoms with Gasteiger partial charge in [0.2, 0.25) is 5.91 Å². The summed E-state index contributed by atoms with van der Waals surface area (Å²) in [7, 11) is 0. The Morgan fingerprint density at radius 1 is 1.25 bits per heavy atom. The van der Waals surface area contributed by atoms with Crippen molar-refractivity contribution in [2.45, 2.75) is 38.2 Å². The summed E-state index contributed by atoms with van der Waals surface area (Å²) in [6, 6.07) is 0. The van der Waals surface area contributed by atoms with Crippen LogP contribution in [0.1, 0.15) is 32.1 Å². The van der Waals surface area contributed by atoms with E-state index in [1.807, 2.05) is 0 Å². The molecule has 0 spiro atoms. The first-order valence-corrected chi connectivity index (χ1v) is 7.36. The monoisotopic (exact) mass is 285 g/mol. The van der Waals surface area contributed by atoms with Crippen LogP contribution in [0, 0.1) is 5.92 Å². The van der Waals surface area contributed by atoms with Gasteiger partial charge >= 0.3 is 5.97 Å². The molecule has 1 amide bonds. The lowest BCUT2D eigenvalue weighted by atomic mass is 9.97. The molecule has 2 rings (SSSR count). The molecule has 20 heavy (non-hydrogen) atoms. The Bertz CT molecular complexity index is 332. The van der Waals surface area contributed by atoms with Crippen molar-refractivity contribution in [1.82, 2.24) is 4.90 Å². The zero-order valence-electron chi connectivity index (χ0n) is 11.8. The first kappa shape index (κ1) is 15.3. The molecule has 2 saturated heterocycles. The number of ether oxygens (including phenoxy) is 2. The van der Waals surface area contributed by atoms with E-state index in [4.69, 9.17) is 14.6 Å². The zero-order valence-corrected chi connectivity index (χ0v) is 11.8. The number of nitrogens with zero attached hydrogens (tertiary/aromatic N) is 1. The van der Waals surface area contributed by atoms with Crippen molar-refractivity contribution in [3.05, 3.63) is 0 Å². The molecular weight excluding hydrogens is 262 g/mol. The third-order valence-electron chi connectivity index (χ3n) is 3.98. The fourth-order valence-corrected chi connectivity index (χ4v) is 2.68. The highest BCUT2D eigenvalue weighted by Gasteiger charge is 2.26. The Kier molecular flexibility index (Phi) is 5.79. The quantitative estimate of drug-likeness (QED) is 0.734. The standard InChI is InChI=1S/C14H23NO5/c16-13(5-9-19-10-12-2-1-8-20-12)15-6-3-11(4-7-15)14(17)18/h11-12H,1-10H2,(H,17,18). The van der Waals surface area contributed by atoms with Crippen LogP contribution < -0.4 is 0 Å². The van der Waals surface area contributed by atoms with Crippen LogP contribution in [0.3, 0.4) is 0 Å². The van der Waals surface area contributed by atoms with E-state index in [1.165, 1.54) is 0 Å². The molecule has 0 aliphatic carbocycles. The maximum atomic E-state index is 11.9. The molecule has 6 heteroatoms. The second-order valence-electron chi connectivity index (χ2n) is 5.45. The topological polar surface area (TPSA) is 76.1 Å². The molecule has 0 aromatic carbocycles. The van der Waals surface area contributed by atoms with Crippen LogP contribution in [0.4, 0.5) is 0 Å². The lowest BCUT2D eigenvalue weighted by Crippen LogP contribution is -2.40. The van der Waals surface area contributed by atoms with Gasteiger partial charge in [0.05, 0.1) is 31.7 Å². The summed E-state index contributed by atoms with van der Waals surface area (Å²) >= 11 is 0. The lowest BCUT2D eigenvalue weighted by Gasteiger charge is -2.30. The van der Waals surface area contributed by atoms with Crippen LogP contribution in [0.5, 0.6) is 0 Å². The van der Waals surface area contributed by atoms with Crippen LogP contribution in [0.2, 0.25) is 0 Å². The van der Waals surface area contributed by atoms with E-state index in [9.17, 15) is 9.59 Å². The number of piperidine rings is 1. The highest BCUT2D eigenvalue weighted by molar-refractivity contribution is 5.77. The molecule has 1 N–H and O–H groups in total. The summed E-state index contributed by atoms with van der Waals surface area (Å²) < 4.78 is 10.9. The molecule has 114 valence electrons. The van der Waals surface area contributed by atoms with E-state index in [0.29, 0.717) is 45.6 Å². The van der Waals surface area contributed by atoms with Crippen molar-refractivity contribution in [3.8, 4) is 0 Å². The zero-order chi connectivity index (χ0) is 14.4. The second kappa shape index (κ2) is 7.59. The molecule has 2 fully saturated rings. The summed E-state index contributed by atoms with van der Waals surface area (Å²) in [6.07, 6.45) is 3.79. The smallest absolute Gasteiger partial charge is 0.306 e. The van der Waals surface area contributed by atoms with Gasteiger partial charge in [-0.25, -0.2) is 0 Å². The van der Waals surface area contributed by atoms with Gasteiger partial charge in [0.15, 0.2) is 0 Å². The van der Waals surface area contributed by atoms with Gasteiger partial charge in [-0.2, -0.15) is 0 Å². The van der Waals surface area contributed by atoms with Crippen LogP contribution in [0.25, 0.3) is 0 Å². The molecule has 0 aromatic heterocycles. The molecule has 0 saturated carbocycles. The molecule has 0 bridgehead atoms. The summed E-state index contributed by atoms with van der Waals surface area (Å²) in [4.78, 5) is 24.5. The van der Waals surface area contributed by atoms with Crippen molar-refractivity contribution in [1.29, 1.82) is 0 Å². The van der Waals surface area contributed by atoms with E-state index in [1.54, 1.807) is 4.90 Å². The first-order chi connectivity index (χ1) is 9.66. The number of carbonyl (C=O) groups is 2. The van der Waals surface area contributed by atoms with Gasteiger partial charge in [-0.05, 0) is 25.7 Å². The average molecular weight is 285 g/mol. The van der Waals surface area contributed by atoms with Gasteiger partial charge < -0.3 is 19.5 Å². The van der Waals surface area contributed by atoms with Gasteiger partial charge in [0.25, 0.3) is 0 Å². The predicted octanol–water partition coefficient (Wildman–Crippen LogP) is 0.895. The normalized spacial score (nSPS) is 24.0. The summed E-state index contributed by atoms with van der Waals surface area (Å²) in [6.45, 7) is 2.88. The number of amides is 1. The number of carboxylic acids is 1. The number of carboxylic acid groups (broad SMARTS) is 1. The van der Waals surface area contributed by atoms with E-state index in [0.717, 1.165) is 19.4 Å². The Labute approximate surface area is 119 Å². The second-order valence-corrected chi connectivity index (χ2v) is 5.45. The van der Waals surface area contributed by atoms with Gasteiger partial charge in [0, 0.05) is 19.7 Å². The van der Waals surface area contributed by atoms with E-state index in [-0.39, 0.29) is 17.9 Å².